The minimum atomic E-state index is 0.119. The number of hydrogen-bond donors (Lipinski definition) is 1. The Morgan fingerprint density at radius 2 is 2.29 bits per heavy atom. The maximum absolute atomic E-state index is 5.84. The third kappa shape index (κ3) is 1.27. The summed E-state index contributed by atoms with van der Waals surface area (Å²) in [4.78, 5) is 11.9. The highest BCUT2D eigenvalue weighted by Crippen LogP contribution is 2.20. The van der Waals surface area contributed by atoms with E-state index in [4.69, 9.17) is 17.4 Å². The molecule has 8 heteroatoms. The molecule has 0 bridgehead atoms. The predicted molar refractivity (Wildman–Crippen MR) is 50.0 cm³/mol. The highest BCUT2D eigenvalue weighted by Gasteiger charge is 2.09. The topological polar surface area (TPSA) is 94.3 Å². The number of imidazole rings is 1. The van der Waals surface area contributed by atoms with Crippen LogP contribution in [0.15, 0.2) is 16.7 Å². The molecule has 0 amide bonds. The van der Waals surface area contributed by atoms with Crippen molar-refractivity contribution in [2.45, 2.75) is 0 Å². The van der Waals surface area contributed by atoms with Gasteiger partial charge in [-0.25, -0.2) is 4.98 Å². The number of aromatic nitrogens is 4. The average molecular weight is 212 g/mol. The molecule has 0 saturated carbocycles. The third-order valence-electron chi connectivity index (χ3n) is 1.65. The smallest absolute Gasteiger partial charge is 0.274 e. The fraction of sp³-hybridized carbons (Fsp3) is 0.167. The molecule has 0 unspecified atom stereocenters. The van der Waals surface area contributed by atoms with Crippen molar-refractivity contribution in [3.63, 3.8) is 0 Å². The summed E-state index contributed by atoms with van der Waals surface area (Å²) in [5.74, 6) is 5.00. The summed E-state index contributed by atoms with van der Waals surface area (Å²) < 4.78 is 1.71. The van der Waals surface area contributed by atoms with Gasteiger partial charge in [-0.2, -0.15) is 9.97 Å². The molecule has 2 N–H and O–H groups in total. The molecular formula is C6H6ClN7. The van der Waals surface area contributed by atoms with E-state index in [1.165, 1.54) is 0 Å². The van der Waals surface area contributed by atoms with E-state index in [9.17, 15) is 0 Å². The second kappa shape index (κ2) is 3.18. The largest absolute Gasteiger partial charge is 0.318 e. The van der Waals surface area contributed by atoms with Crippen LogP contribution in [0.2, 0.25) is 5.15 Å². The van der Waals surface area contributed by atoms with Gasteiger partial charge in [0.05, 0.1) is 6.33 Å². The van der Waals surface area contributed by atoms with Gasteiger partial charge in [-0.15, -0.1) is 0 Å². The molecule has 0 fully saturated rings. The van der Waals surface area contributed by atoms with Crippen LogP contribution in [0.25, 0.3) is 11.2 Å². The fourth-order valence-electron chi connectivity index (χ4n) is 1.06. The molecule has 0 saturated heterocycles. The first-order chi connectivity index (χ1) is 6.72. The van der Waals surface area contributed by atoms with Gasteiger partial charge in [0.15, 0.2) is 10.8 Å². The zero-order chi connectivity index (χ0) is 10.1. The normalized spacial score (nSPS) is 11.6. The molecule has 0 aliphatic heterocycles. The summed E-state index contributed by atoms with van der Waals surface area (Å²) in [6.07, 6.45) is 1.59. The van der Waals surface area contributed by atoms with E-state index in [1.54, 1.807) is 17.9 Å². The van der Waals surface area contributed by atoms with E-state index in [2.05, 4.69) is 25.3 Å². The van der Waals surface area contributed by atoms with Crippen molar-refractivity contribution >= 4 is 28.7 Å². The van der Waals surface area contributed by atoms with E-state index >= 15 is 0 Å². The molecule has 0 radical (unpaired) electrons. The Hall–Kier alpha value is -1.76. The van der Waals surface area contributed by atoms with Gasteiger partial charge in [0.1, 0.15) is 5.52 Å². The van der Waals surface area contributed by atoms with Crippen molar-refractivity contribution in [3.8, 4) is 0 Å². The number of rotatable bonds is 1. The standard InChI is InChI=1S/C6H6ClN7/c1-14-2-9-3-4(7)10-6(12-13-8)11-5(3)14/h2H,1H3,(H2,8,10,11,12). The number of halogens is 1. The van der Waals surface area contributed by atoms with Gasteiger partial charge in [0.2, 0.25) is 0 Å². The van der Waals surface area contributed by atoms with E-state index < -0.39 is 0 Å². The van der Waals surface area contributed by atoms with Crippen LogP contribution in [-0.4, -0.2) is 19.5 Å². The maximum atomic E-state index is 5.84. The first kappa shape index (κ1) is 8.82. The lowest BCUT2D eigenvalue weighted by molar-refractivity contribution is 0.921. The average Bonchev–Trinajstić information content (AvgIpc) is 2.49. The Balaban J connectivity index is 2.75. The van der Waals surface area contributed by atoms with Crippen molar-refractivity contribution < 1.29 is 0 Å². The minimum absolute atomic E-state index is 0.119. The van der Waals surface area contributed by atoms with E-state index in [-0.39, 0.29) is 11.1 Å². The molecule has 2 rings (SSSR count). The first-order valence-electron chi connectivity index (χ1n) is 3.68. The lowest BCUT2D eigenvalue weighted by atomic mass is 10.5. The Morgan fingerprint density at radius 1 is 1.50 bits per heavy atom. The molecule has 0 aliphatic carbocycles. The molecule has 2 aromatic heterocycles. The van der Waals surface area contributed by atoms with Crippen LogP contribution in [0.5, 0.6) is 0 Å². The summed E-state index contributed by atoms with van der Waals surface area (Å²) in [7, 11) is 1.79. The van der Waals surface area contributed by atoms with Crippen molar-refractivity contribution in [2.24, 2.45) is 23.2 Å². The zero-order valence-electron chi connectivity index (χ0n) is 7.22. The molecule has 2 aromatic rings. The Morgan fingerprint density at radius 3 is 3.00 bits per heavy atom. The zero-order valence-corrected chi connectivity index (χ0v) is 7.97. The minimum Gasteiger partial charge on any atom is -0.318 e. The highest BCUT2D eigenvalue weighted by molar-refractivity contribution is 6.33. The second-order valence-corrected chi connectivity index (χ2v) is 2.92. The van der Waals surface area contributed by atoms with E-state index in [0.717, 1.165) is 0 Å². The van der Waals surface area contributed by atoms with Gasteiger partial charge in [-0.1, -0.05) is 21.9 Å². The number of nitrogens with zero attached hydrogens (tertiary/aromatic N) is 6. The van der Waals surface area contributed by atoms with Crippen LogP contribution >= 0.6 is 11.6 Å². The summed E-state index contributed by atoms with van der Waals surface area (Å²) >= 11 is 5.84. The van der Waals surface area contributed by atoms with Crippen molar-refractivity contribution in [3.05, 3.63) is 11.5 Å². The number of aryl methyl sites for hydroxylation is 1. The lowest BCUT2D eigenvalue weighted by Gasteiger charge is -1.95. The monoisotopic (exact) mass is 211 g/mol. The summed E-state index contributed by atoms with van der Waals surface area (Å²) in [6, 6.07) is 0. The van der Waals surface area contributed by atoms with Gasteiger partial charge in [0.25, 0.3) is 5.95 Å². The molecular weight excluding hydrogens is 206 g/mol. The third-order valence-corrected chi connectivity index (χ3v) is 1.92. The number of fused-ring (bicyclic) bond motifs is 1. The van der Waals surface area contributed by atoms with Crippen molar-refractivity contribution in [1.29, 1.82) is 0 Å². The maximum Gasteiger partial charge on any atom is 0.274 e. The Kier molecular flexibility index (Phi) is 2.01. The molecule has 72 valence electrons. The van der Waals surface area contributed by atoms with Crippen LogP contribution in [0.3, 0.4) is 0 Å². The van der Waals surface area contributed by atoms with Gasteiger partial charge in [-0.3, -0.25) is 0 Å². The SMILES string of the molecule is Cn1cnc2c(Cl)nc(N=NN)nc21. The summed E-state index contributed by atoms with van der Waals surface area (Å²) in [5, 5.41) is 6.81. The predicted octanol–water partition coefficient (Wildman–Crippen LogP) is 0.974. The second-order valence-electron chi connectivity index (χ2n) is 2.56. The van der Waals surface area contributed by atoms with Crippen LogP contribution in [0.1, 0.15) is 0 Å². The quantitative estimate of drug-likeness (QED) is 0.329. The van der Waals surface area contributed by atoms with Gasteiger partial charge in [0, 0.05) is 7.05 Å². The van der Waals surface area contributed by atoms with Crippen LogP contribution < -0.4 is 5.84 Å². The van der Waals surface area contributed by atoms with E-state index in [0.29, 0.717) is 11.2 Å². The van der Waals surface area contributed by atoms with Crippen molar-refractivity contribution in [1.82, 2.24) is 19.5 Å². The molecule has 2 heterocycles. The van der Waals surface area contributed by atoms with Gasteiger partial charge >= 0.3 is 0 Å². The van der Waals surface area contributed by atoms with Crippen molar-refractivity contribution in [2.75, 3.05) is 0 Å². The molecule has 0 aliphatic rings. The van der Waals surface area contributed by atoms with Crippen LogP contribution in [-0.2, 0) is 7.05 Å². The fourth-order valence-corrected chi connectivity index (χ4v) is 1.27. The molecule has 7 nitrogen and oxygen atoms in total. The summed E-state index contributed by atoms with van der Waals surface area (Å²) in [6.45, 7) is 0. The molecule has 0 aromatic carbocycles. The molecule has 0 spiro atoms. The molecule has 14 heavy (non-hydrogen) atoms. The molecule has 0 atom stereocenters. The van der Waals surface area contributed by atoms with E-state index in [1.807, 2.05) is 0 Å². The summed E-state index contributed by atoms with van der Waals surface area (Å²) in [5.41, 5.74) is 1.12. The van der Waals surface area contributed by atoms with Crippen LogP contribution in [0.4, 0.5) is 5.95 Å². The van der Waals surface area contributed by atoms with Crippen LogP contribution in [0, 0.1) is 0 Å². The van der Waals surface area contributed by atoms with Gasteiger partial charge < -0.3 is 10.4 Å². The number of hydrogen-bond acceptors (Lipinski definition) is 5. The Bertz CT molecular complexity index is 502. The number of nitrogens with two attached hydrogens (primary N) is 1. The Labute approximate surface area is 83.6 Å². The van der Waals surface area contributed by atoms with Gasteiger partial charge in [-0.05, 0) is 0 Å². The lowest BCUT2D eigenvalue weighted by Crippen LogP contribution is -1.91. The first-order valence-corrected chi connectivity index (χ1v) is 4.05. The highest BCUT2D eigenvalue weighted by atomic mass is 35.5.